The number of ether oxygens (including phenoxy) is 1. The molecule has 3 aliphatic rings. The standard InChI is InChI=1S/C31H23Cl3N2O5/c32-23-2-1-3-24(33)26(23)27-21(28(41-36-27)15-4-5-15)14-40-18-7-9-22(25(34)11-18)31(39)12-17(13-31)16-6-8-19-20(10-16)30(38)35-29(19)37/h1-3,6-11,15,17,39H,4-5,12-14H2,(H,35,37,38). The number of halogens is 3. The lowest BCUT2D eigenvalue weighted by atomic mass is 9.65. The van der Waals surface area contributed by atoms with E-state index in [0.717, 1.165) is 29.7 Å². The first-order valence-corrected chi connectivity index (χ1v) is 14.4. The van der Waals surface area contributed by atoms with Gasteiger partial charge >= 0.3 is 0 Å². The van der Waals surface area contributed by atoms with Crippen molar-refractivity contribution in [2.75, 3.05) is 0 Å². The van der Waals surface area contributed by atoms with Crippen molar-refractivity contribution in [1.29, 1.82) is 0 Å². The number of nitrogens with one attached hydrogen (secondary N) is 1. The van der Waals surface area contributed by atoms with Gasteiger partial charge in [-0.1, -0.05) is 58.2 Å². The van der Waals surface area contributed by atoms with E-state index in [9.17, 15) is 14.7 Å². The predicted molar refractivity (Wildman–Crippen MR) is 154 cm³/mol. The molecule has 2 aliphatic carbocycles. The van der Waals surface area contributed by atoms with Crippen LogP contribution in [0.25, 0.3) is 11.3 Å². The molecule has 2 N–H and O–H groups in total. The second-order valence-electron chi connectivity index (χ2n) is 10.9. The average molecular weight is 610 g/mol. The Balaban J connectivity index is 1.08. The quantitative estimate of drug-likeness (QED) is 0.212. The van der Waals surface area contributed by atoms with Crippen molar-refractivity contribution >= 4 is 46.6 Å². The summed E-state index contributed by atoms with van der Waals surface area (Å²) in [6.07, 6.45) is 2.92. The molecule has 0 radical (unpaired) electrons. The van der Waals surface area contributed by atoms with Gasteiger partial charge in [-0.25, -0.2) is 0 Å². The van der Waals surface area contributed by atoms with Crippen molar-refractivity contribution in [3.63, 3.8) is 0 Å². The fourth-order valence-corrected chi connectivity index (χ4v) is 6.74. The molecular formula is C31H23Cl3N2O5. The van der Waals surface area contributed by atoms with Gasteiger partial charge in [0.15, 0.2) is 0 Å². The van der Waals surface area contributed by atoms with Crippen LogP contribution in [0.5, 0.6) is 5.75 Å². The van der Waals surface area contributed by atoms with Crippen LogP contribution in [-0.2, 0) is 12.2 Å². The van der Waals surface area contributed by atoms with E-state index in [-0.39, 0.29) is 18.4 Å². The first kappa shape index (κ1) is 26.5. The first-order chi connectivity index (χ1) is 19.7. The zero-order chi connectivity index (χ0) is 28.5. The lowest BCUT2D eigenvalue weighted by Crippen LogP contribution is -2.40. The summed E-state index contributed by atoms with van der Waals surface area (Å²) in [5.74, 6) is 0.868. The summed E-state index contributed by atoms with van der Waals surface area (Å²) in [7, 11) is 0. The van der Waals surface area contributed by atoms with Gasteiger partial charge in [-0.3, -0.25) is 14.9 Å². The van der Waals surface area contributed by atoms with Crippen molar-refractivity contribution in [3.8, 4) is 17.0 Å². The summed E-state index contributed by atoms with van der Waals surface area (Å²) < 4.78 is 11.9. The molecule has 7 nitrogen and oxygen atoms in total. The summed E-state index contributed by atoms with van der Waals surface area (Å²) in [5, 5.41) is 19.3. The molecule has 1 aliphatic heterocycles. The zero-order valence-electron chi connectivity index (χ0n) is 21.5. The number of carbonyl (C=O) groups excluding carboxylic acids is 2. The van der Waals surface area contributed by atoms with Gasteiger partial charge in [0.2, 0.25) is 0 Å². The van der Waals surface area contributed by atoms with Crippen LogP contribution in [0.2, 0.25) is 15.1 Å². The summed E-state index contributed by atoms with van der Waals surface area (Å²) in [5.41, 5.74) is 3.13. The molecule has 2 amide bonds. The average Bonchev–Trinajstić information content (AvgIpc) is 3.63. The number of rotatable bonds is 7. The highest BCUT2D eigenvalue weighted by Gasteiger charge is 2.46. The van der Waals surface area contributed by atoms with Crippen molar-refractivity contribution in [3.05, 3.63) is 103 Å². The van der Waals surface area contributed by atoms with Gasteiger partial charge in [-0.2, -0.15) is 0 Å². The number of benzene rings is 3. The Labute approximate surface area is 250 Å². The minimum atomic E-state index is -1.11. The number of fused-ring (bicyclic) bond motifs is 1. The maximum atomic E-state index is 12.1. The zero-order valence-corrected chi connectivity index (χ0v) is 23.8. The summed E-state index contributed by atoms with van der Waals surface area (Å²) >= 11 is 19.6. The fraction of sp³-hybridized carbons (Fsp3) is 0.258. The molecule has 0 atom stereocenters. The molecule has 2 saturated carbocycles. The van der Waals surface area contributed by atoms with Crippen LogP contribution in [0, 0.1) is 0 Å². The Morgan fingerprint density at radius 2 is 1.66 bits per heavy atom. The van der Waals surface area contributed by atoms with Gasteiger partial charge in [-0.15, -0.1) is 0 Å². The van der Waals surface area contributed by atoms with Crippen LogP contribution < -0.4 is 10.1 Å². The van der Waals surface area contributed by atoms with Crippen molar-refractivity contribution in [1.82, 2.24) is 10.5 Å². The van der Waals surface area contributed by atoms with E-state index in [2.05, 4.69) is 10.5 Å². The van der Waals surface area contributed by atoms with Crippen molar-refractivity contribution in [2.24, 2.45) is 0 Å². The third-order valence-corrected chi connectivity index (χ3v) is 9.13. The van der Waals surface area contributed by atoms with Crippen molar-refractivity contribution in [2.45, 2.75) is 49.7 Å². The van der Waals surface area contributed by atoms with Crippen molar-refractivity contribution < 1.29 is 24.0 Å². The molecule has 7 rings (SSSR count). The number of aromatic nitrogens is 1. The maximum absolute atomic E-state index is 12.1. The minimum absolute atomic E-state index is 0.0327. The number of amides is 2. The largest absolute Gasteiger partial charge is 0.489 e. The van der Waals surface area contributed by atoms with Crippen LogP contribution in [0.4, 0.5) is 0 Å². The Hall–Kier alpha value is -3.36. The van der Waals surface area contributed by atoms with E-state index in [1.165, 1.54) is 0 Å². The number of hydrogen-bond donors (Lipinski definition) is 2. The van der Waals surface area contributed by atoms with E-state index in [4.69, 9.17) is 44.1 Å². The molecule has 41 heavy (non-hydrogen) atoms. The van der Waals surface area contributed by atoms with Crippen LogP contribution in [-0.4, -0.2) is 22.1 Å². The lowest BCUT2D eigenvalue weighted by molar-refractivity contribution is -0.0549. The predicted octanol–water partition coefficient (Wildman–Crippen LogP) is 7.41. The van der Waals surface area contributed by atoms with E-state index in [1.54, 1.807) is 48.5 Å². The van der Waals surface area contributed by atoms with Gasteiger partial charge in [0.25, 0.3) is 11.8 Å². The highest BCUT2D eigenvalue weighted by Crippen LogP contribution is 2.53. The highest BCUT2D eigenvalue weighted by atomic mass is 35.5. The minimum Gasteiger partial charge on any atom is -0.489 e. The molecule has 10 heteroatoms. The third-order valence-electron chi connectivity index (χ3n) is 8.19. The fourth-order valence-electron chi connectivity index (χ4n) is 5.82. The second-order valence-corrected chi connectivity index (χ2v) is 12.1. The van der Waals surface area contributed by atoms with Gasteiger partial charge in [0.1, 0.15) is 23.8 Å². The van der Waals surface area contributed by atoms with Crippen LogP contribution in [0.3, 0.4) is 0 Å². The highest BCUT2D eigenvalue weighted by molar-refractivity contribution is 6.39. The summed E-state index contributed by atoms with van der Waals surface area (Å²) in [4.78, 5) is 23.9. The van der Waals surface area contributed by atoms with E-state index in [1.807, 2.05) is 6.07 Å². The summed E-state index contributed by atoms with van der Waals surface area (Å²) in [6.45, 7) is 0.183. The Kier molecular flexibility index (Phi) is 6.39. The topological polar surface area (TPSA) is 102 Å². The van der Waals surface area contributed by atoms with Gasteiger partial charge < -0.3 is 14.4 Å². The monoisotopic (exact) mass is 608 g/mol. The van der Waals surface area contributed by atoms with Gasteiger partial charge in [-0.05, 0) is 73.6 Å². The van der Waals surface area contributed by atoms with E-state index < -0.39 is 11.5 Å². The van der Waals surface area contributed by atoms with E-state index in [0.29, 0.717) is 67.5 Å². The van der Waals surface area contributed by atoms with Crippen LogP contribution in [0.15, 0.2) is 59.1 Å². The Bertz CT molecular complexity index is 1720. The molecule has 2 heterocycles. The van der Waals surface area contributed by atoms with Crippen LogP contribution in [0.1, 0.15) is 80.7 Å². The molecule has 1 aromatic heterocycles. The maximum Gasteiger partial charge on any atom is 0.258 e. The molecule has 2 fully saturated rings. The number of carbonyl (C=O) groups is 2. The Morgan fingerprint density at radius 1 is 0.927 bits per heavy atom. The first-order valence-electron chi connectivity index (χ1n) is 13.3. The second kappa shape index (κ2) is 9.88. The number of hydrogen-bond acceptors (Lipinski definition) is 6. The molecule has 0 spiro atoms. The number of aliphatic hydroxyl groups is 1. The molecule has 3 aromatic carbocycles. The molecule has 0 unspecified atom stereocenters. The van der Waals surface area contributed by atoms with E-state index >= 15 is 0 Å². The molecule has 4 aromatic rings. The lowest BCUT2D eigenvalue weighted by Gasteiger charge is -2.45. The Morgan fingerprint density at radius 3 is 2.37 bits per heavy atom. The SMILES string of the molecule is O=C1NC(=O)c2cc(C3CC(O)(c4ccc(OCc5c(-c6c(Cl)cccc6Cl)noc5C5CC5)cc4Cl)C3)ccc21. The molecule has 208 valence electrons. The normalized spacial score (nSPS) is 21.4. The smallest absolute Gasteiger partial charge is 0.258 e. The molecule has 0 saturated heterocycles. The summed E-state index contributed by atoms with van der Waals surface area (Å²) in [6, 6.07) is 15.8. The molecular weight excluding hydrogens is 587 g/mol. The van der Waals surface area contributed by atoms with Gasteiger partial charge in [0, 0.05) is 17.0 Å². The van der Waals surface area contributed by atoms with Gasteiger partial charge in [0.05, 0.1) is 37.4 Å². The van der Waals surface area contributed by atoms with Crippen LogP contribution >= 0.6 is 34.8 Å². The number of imide groups is 1. The molecule has 0 bridgehead atoms. The number of nitrogens with zero attached hydrogens (tertiary/aromatic N) is 1. The third kappa shape index (κ3) is 4.61.